The topological polar surface area (TPSA) is 117 Å². The number of thioether (sulfide) groups is 1. The van der Waals surface area contributed by atoms with Gasteiger partial charge in [-0.25, -0.2) is 4.79 Å². The first-order chi connectivity index (χ1) is 11.0. The number of esters is 1. The number of carbonyl (C=O) groups excluding carboxylic acids is 2. The van der Waals surface area contributed by atoms with Crippen LogP contribution in [0.3, 0.4) is 0 Å². The van der Waals surface area contributed by atoms with Crippen LogP contribution in [0.4, 0.5) is 0 Å². The molecule has 1 saturated heterocycles. The van der Waals surface area contributed by atoms with E-state index >= 15 is 0 Å². The van der Waals surface area contributed by atoms with Crippen molar-refractivity contribution < 1.29 is 33.8 Å². The van der Waals surface area contributed by atoms with Crippen LogP contribution in [0.5, 0.6) is 0 Å². The van der Waals surface area contributed by atoms with E-state index in [2.05, 4.69) is 0 Å². The smallest absolute Gasteiger partial charge is 0.353 e. The average Bonchev–Trinajstić information content (AvgIpc) is 3.11. The molecule has 0 saturated carbocycles. The molecule has 23 heavy (non-hydrogen) atoms. The molecule has 122 valence electrons. The summed E-state index contributed by atoms with van der Waals surface area (Å²) >= 11 is 1.09. The van der Waals surface area contributed by atoms with Gasteiger partial charge in [0.2, 0.25) is 5.91 Å². The molecule has 2 aliphatic rings. The largest absolute Gasteiger partial charge is 0.477 e. The second-order valence-corrected chi connectivity index (χ2v) is 6.28. The van der Waals surface area contributed by atoms with Gasteiger partial charge in [0.1, 0.15) is 23.1 Å². The molecular weight excluding hydrogens is 326 g/mol. The fourth-order valence-electron chi connectivity index (χ4n) is 2.76. The Labute approximate surface area is 134 Å². The summed E-state index contributed by atoms with van der Waals surface area (Å²) in [6, 6.07) is 1.58. The summed E-state index contributed by atoms with van der Waals surface area (Å²) in [5.74, 6) is -3.03. The lowest BCUT2D eigenvalue weighted by atomic mass is 9.88. The number of amides is 1. The first kappa shape index (κ1) is 15.6. The number of carboxylic acid groups (broad SMARTS) is 1. The van der Waals surface area contributed by atoms with Crippen molar-refractivity contribution in [2.24, 2.45) is 5.92 Å². The number of rotatable bonds is 5. The van der Waals surface area contributed by atoms with Gasteiger partial charge in [0.05, 0.1) is 19.1 Å². The molecule has 0 aromatic carbocycles. The molecule has 2 unspecified atom stereocenters. The van der Waals surface area contributed by atoms with Crippen LogP contribution in [0.1, 0.15) is 18.6 Å². The minimum atomic E-state index is -1.27. The zero-order valence-electron chi connectivity index (χ0n) is 12.0. The number of carboxylic acids is 1. The van der Waals surface area contributed by atoms with Crippen LogP contribution in [0.2, 0.25) is 0 Å². The Morgan fingerprint density at radius 3 is 2.78 bits per heavy atom. The molecule has 0 aliphatic carbocycles. The van der Waals surface area contributed by atoms with E-state index in [0.29, 0.717) is 5.56 Å². The standard InChI is InChI=1S/C14H13NO7S/c1-6(17)22-11(7-2-3-21-5-7)9-12(18)15-10(14(19)20)8(4-16)23-13(9)15/h2-3,5,9,11,13,16H,4H2,1H3,(H,19,20)/t9?,11?,13-/m1/s1. The maximum Gasteiger partial charge on any atom is 0.353 e. The molecule has 2 N–H and O–H groups in total. The third-order valence-electron chi connectivity index (χ3n) is 3.69. The first-order valence-corrected chi connectivity index (χ1v) is 7.60. The SMILES string of the molecule is CC(=O)OC(c1ccoc1)C1C(=O)N2C(C(=O)O)=C(CO)S[C@H]12. The second-order valence-electron chi connectivity index (χ2n) is 5.06. The number of aliphatic carboxylic acids is 1. The minimum Gasteiger partial charge on any atom is -0.477 e. The minimum absolute atomic E-state index is 0.211. The Bertz CT molecular complexity index is 696. The van der Waals surface area contributed by atoms with E-state index in [1.54, 1.807) is 6.07 Å². The first-order valence-electron chi connectivity index (χ1n) is 6.72. The van der Waals surface area contributed by atoms with Gasteiger partial charge in [0, 0.05) is 17.4 Å². The molecule has 1 fully saturated rings. The molecule has 1 aromatic heterocycles. The Kier molecular flexibility index (Phi) is 3.90. The number of fused-ring (bicyclic) bond motifs is 1. The van der Waals surface area contributed by atoms with Gasteiger partial charge in [-0.15, -0.1) is 0 Å². The van der Waals surface area contributed by atoms with Gasteiger partial charge in [0.25, 0.3) is 0 Å². The maximum absolute atomic E-state index is 12.4. The number of β-lactam (4-membered cyclic amide) rings is 1. The van der Waals surface area contributed by atoms with Crippen molar-refractivity contribution in [1.82, 2.24) is 4.90 Å². The van der Waals surface area contributed by atoms with E-state index in [1.165, 1.54) is 19.5 Å². The molecule has 1 amide bonds. The molecule has 2 aliphatic heterocycles. The van der Waals surface area contributed by atoms with Crippen molar-refractivity contribution >= 4 is 29.6 Å². The summed E-state index contributed by atoms with van der Waals surface area (Å²) in [6.45, 7) is 0.763. The van der Waals surface area contributed by atoms with Crippen LogP contribution in [-0.4, -0.2) is 44.9 Å². The molecule has 3 rings (SSSR count). The lowest BCUT2D eigenvalue weighted by Crippen LogP contribution is -2.59. The van der Waals surface area contributed by atoms with Crippen molar-refractivity contribution in [3.8, 4) is 0 Å². The van der Waals surface area contributed by atoms with Crippen LogP contribution >= 0.6 is 11.8 Å². The van der Waals surface area contributed by atoms with Gasteiger partial charge in [-0.2, -0.15) is 0 Å². The molecule has 0 bridgehead atoms. The van der Waals surface area contributed by atoms with E-state index in [4.69, 9.17) is 9.15 Å². The van der Waals surface area contributed by atoms with E-state index in [-0.39, 0.29) is 10.6 Å². The van der Waals surface area contributed by atoms with E-state index in [0.717, 1.165) is 16.7 Å². The average molecular weight is 339 g/mol. The highest BCUT2D eigenvalue weighted by atomic mass is 32.2. The predicted molar refractivity (Wildman–Crippen MR) is 76.7 cm³/mol. The number of nitrogens with zero attached hydrogens (tertiary/aromatic N) is 1. The number of carbonyl (C=O) groups is 3. The quantitative estimate of drug-likeness (QED) is 0.595. The number of furan rings is 1. The second kappa shape index (κ2) is 5.74. The Morgan fingerprint density at radius 2 is 2.26 bits per heavy atom. The van der Waals surface area contributed by atoms with Crippen LogP contribution in [0, 0.1) is 5.92 Å². The third kappa shape index (κ3) is 2.41. The fraction of sp³-hybridized carbons (Fsp3) is 0.357. The van der Waals surface area contributed by atoms with Gasteiger partial charge in [-0.1, -0.05) is 11.8 Å². The highest BCUT2D eigenvalue weighted by Crippen LogP contribution is 2.53. The van der Waals surface area contributed by atoms with Gasteiger partial charge < -0.3 is 19.4 Å². The Morgan fingerprint density at radius 1 is 1.52 bits per heavy atom. The third-order valence-corrected chi connectivity index (χ3v) is 5.04. The fourth-order valence-corrected chi connectivity index (χ4v) is 4.15. The van der Waals surface area contributed by atoms with Gasteiger partial charge in [0.15, 0.2) is 0 Å². The van der Waals surface area contributed by atoms with Crippen LogP contribution in [-0.2, 0) is 19.1 Å². The van der Waals surface area contributed by atoms with Crippen LogP contribution in [0.15, 0.2) is 33.6 Å². The highest BCUT2D eigenvalue weighted by molar-refractivity contribution is 8.04. The molecule has 0 spiro atoms. The number of aliphatic hydroxyl groups is 1. The van der Waals surface area contributed by atoms with Gasteiger partial charge in [-0.3, -0.25) is 14.5 Å². The molecule has 0 radical (unpaired) electrons. The predicted octanol–water partition coefficient (Wildman–Crippen LogP) is 0.704. The molecule has 1 aromatic rings. The lowest BCUT2D eigenvalue weighted by Gasteiger charge is -2.44. The molecular formula is C14H13NO7S. The number of hydrogen-bond acceptors (Lipinski definition) is 7. The van der Waals surface area contributed by atoms with Crippen LogP contribution < -0.4 is 0 Å². The summed E-state index contributed by atoms with van der Waals surface area (Å²) in [7, 11) is 0. The zero-order chi connectivity index (χ0) is 16.7. The highest BCUT2D eigenvalue weighted by Gasteiger charge is 2.59. The van der Waals surface area contributed by atoms with E-state index in [9.17, 15) is 24.6 Å². The number of aliphatic hydroxyl groups excluding tert-OH is 1. The van der Waals surface area contributed by atoms with E-state index in [1.807, 2.05) is 0 Å². The van der Waals surface area contributed by atoms with Crippen molar-refractivity contribution in [1.29, 1.82) is 0 Å². The number of ether oxygens (including phenoxy) is 1. The monoisotopic (exact) mass is 339 g/mol. The molecule has 9 heteroatoms. The van der Waals surface area contributed by atoms with Crippen molar-refractivity contribution in [3.05, 3.63) is 34.8 Å². The van der Waals surface area contributed by atoms with Crippen LogP contribution in [0.25, 0.3) is 0 Å². The van der Waals surface area contributed by atoms with Crippen molar-refractivity contribution in [2.45, 2.75) is 18.4 Å². The van der Waals surface area contributed by atoms with E-state index < -0.39 is 41.8 Å². The maximum atomic E-state index is 12.4. The molecule has 8 nitrogen and oxygen atoms in total. The van der Waals surface area contributed by atoms with Crippen molar-refractivity contribution in [3.63, 3.8) is 0 Å². The summed E-state index contributed by atoms with van der Waals surface area (Å²) in [4.78, 5) is 36.5. The normalized spacial score (nSPS) is 24.3. The lowest BCUT2D eigenvalue weighted by molar-refractivity contribution is -0.167. The summed E-state index contributed by atoms with van der Waals surface area (Å²) in [6.07, 6.45) is 1.91. The summed E-state index contributed by atoms with van der Waals surface area (Å²) in [5, 5.41) is 18.0. The Hall–Kier alpha value is -2.26. The summed E-state index contributed by atoms with van der Waals surface area (Å²) < 4.78 is 10.2. The molecule has 3 atom stereocenters. The zero-order valence-corrected chi connectivity index (χ0v) is 12.8. The van der Waals surface area contributed by atoms with Crippen molar-refractivity contribution in [2.75, 3.05) is 6.61 Å². The van der Waals surface area contributed by atoms with Gasteiger partial charge >= 0.3 is 11.9 Å². The van der Waals surface area contributed by atoms with Gasteiger partial charge in [-0.05, 0) is 6.07 Å². The molecule has 3 heterocycles. The Balaban J connectivity index is 1.90. The number of hydrogen-bond donors (Lipinski definition) is 2. The summed E-state index contributed by atoms with van der Waals surface area (Å²) in [5.41, 5.74) is 0.311.